The quantitative estimate of drug-likeness (QED) is 0.305. The second-order valence-corrected chi connectivity index (χ2v) is 7.34. The molecule has 0 aromatic rings. The number of aliphatic hydroxyl groups is 1. The number of hydrogen-bond acceptors (Lipinski definition) is 4. The molecule has 0 aromatic heterocycles. The Kier molecular flexibility index (Phi) is 16.6. The Morgan fingerprint density at radius 1 is 0.857 bits per heavy atom. The van der Waals surface area contributed by atoms with Crippen molar-refractivity contribution in [3.8, 4) is 0 Å². The minimum absolute atomic E-state index is 0. The molecule has 2 unspecified atom stereocenters. The van der Waals surface area contributed by atoms with E-state index in [-0.39, 0.29) is 35.7 Å². The molecular formula is C15H31NaO4S. The van der Waals surface area contributed by atoms with Gasteiger partial charge in [0.05, 0.1) is 16.2 Å². The van der Waals surface area contributed by atoms with Crippen LogP contribution in [-0.4, -0.2) is 29.4 Å². The molecule has 0 aliphatic rings. The first-order valence-corrected chi connectivity index (χ1v) is 9.51. The van der Waals surface area contributed by atoms with Gasteiger partial charge < -0.3 is 9.66 Å². The van der Waals surface area contributed by atoms with Gasteiger partial charge in [0.15, 0.2) is 0 Å². The van der Waals surface area contributed by atoms with Crippen LogP contribution < -0.4 is 29.6 Å². The molecule has 6 heteroatoms. The minimum Gasteiger partial charge on any atom is -0.748 e. The van der Waals surface area contributed by atoms with Crippen molar-refractivity contribution in [1.29, 1.82) is 0 Å². The molecule has 0 bridgehead atoms. The van der Waals surface area contributed by atoms with Gasteiger partial charge in [-0.2, -0.15) is 0 Å². The maximum absolute atomic E-state index is 11.0. The minimum atomic E-state index is -4.13. The summed E-state index contributed by atoms with van der Waals surface area (Å²) in [7, 11) is -4.13. The van der Waals surface area contributed by atoms with Gasteiger partial charge in [0.2, 0.25) is 0 Å². The average Bonchev–Trinajstić information content (AvgIpc) is 2.35. The van der Waals surface area contributed by atoms with E-state index in [1.807, 2.05) is 6.92 Å². The Bertz CT molecular complexity index is 320. The summed E-state index contributed by atoms with van der Waals surface area (Å²) in [5.41, 5.74) is 0. The van der Waals surface area contributed by atoms with Gasteiger partial charge in [-0.1, -0.05) is 58.8 Å². The third-order valence-corrected chi connectivity index (χ3v) is 4.99. The molecule has 21 heavy (non-hydrogen) atoms. The summed E-state index contributed by atoms with van der Waals surface area (Å²) in [5.74, 6) is 0. The Labute approximate surface area is 153 Å². The Hall–Kier alpha value is 0.870. The summed E-state index contributed by atoms with van der Waals surface area (Å²) >= 11 is 0. The van der Waals surface area contributed by atoms with E-state index in [9.17, 15) is 18.1 Å². The molecule has 0 aliphatic heterocycles. The maximum Gasteiger partial charge on any atom is 1.00 e. The third-order valence-electron chi connectivity index (χ3n) is 3.70. The second-order valence-electron chi connectivity index (χ2n) is 5.69. The van der Waals surface area contributed by atoms with Gasteiger partial charge in [-0.05, 0) is 25.7 Å². The van der Waals surface area contributed by atoms with Crippen LogP contribution in [0, 0.1) is 0 Å². The molecule has 1 N–H and O–H groups in total. The fraction of sp³-hybridized carbons (Fsp3) is 1.00. The van der Waals surface area contributed by atoms with Crippen LogP contribution in [0.25, 0.3) is 0 Å². The van der Waals surface area contributed by atoms with E-state index in [1.165, 1.54) is 0 Å². The van der Waals surface area contributed by atoms with E-state index in [1.54, 1.807) is 0 Å². The van der Waals surface area contributed by atoms with Crippen molar-refractivity contribution in [2.45, 2.75) is 95.8 Å². The van der Waals surface area contributed by atoms with Crippen molar-refractivity contribution in [1.82, 2.24) is 0 Å². The predicted molar refractivity (Wildman–Crippen MR) is 81.6 cm³/mol. The van der Waals surface area contributed by atoms with Crippen LogP contribution in [0.4, 0.5) is 0 Å². The molecule has 0 spiro atoms. The van der Waals surface area contributed by atoms with Crippen LogP contribution in [0.15, 0.2) is 0 Å². The Morgan fingerprint density at radius 2 is 1.33 bits per heavy atom. The number of rotatable bonds is 13. The fourth-order valence-corrected chi connectivity index (χ4v) is 3.49. The van der Waals surface area contributed by atoms with Crippen molar-refractivity contribution in [3.05, 3.63) is 0 Å². The summed E-state index contributed by atoms with van der Waals surface area (Å²) in [6.45, 7) is 3.97. The molecule has 0 aliphatic carbocycles. The van der Waals surface area contributed by atoms with Gasteiger partial charge in [-0.3, -0.25) is 0 Å². The topological polar surface area (TPSA) is 77.4 Å². The van der Waals surface area contributed by atoms with E-state index in [2.05, 4.69) is 6.92 Å². The standard InChI is InChI=1S/C15H32O4S.Na/c1-3-10-14(16)12-8-6-5-7-9-13-15(11-4-2)20(17,18)19;/h14-16H,3-13H2,1-2H3,(H,17,18,19);/q;+1/p-1. The number of hydrogen-bond donors (Lipinski definition) is 1. The van der Waals surface area contributed by atoms with Crippen LogP contribution in [0.5, 0.6) is 0 Å². The maximum atomic E-state index is 11.0. The normalized spacial score (nSPS) is 14.5. The van der Waals surface area contributed by atoms with Gasteiger partial charge in [-0.25, -0.2) is 8.42 Å². The molecule has 0 aromatic carbocycles. The molecule has 4 nitrogen and oxygen atoms in total. The molecule has 0 heterocycles. The molecule has 122 valence electrons. The summed E-state index contributed by atoms with van der Waals surface area (Å²) in [6.07, 6.45) is 9.24. The average molecular weight is 330 g/mol. The van der Waals surface area contributed by atoms with E-state index in [0.717, 1.165) is 57.8 Å². The Balaban J connectivity index is 0. The molecule has 0 amide bonds. The van der Waals surface area contributed by atoms with Gasteiger partial charge >= 0.3 is 29.6 Å². The van der Waals surface area contributed by atoms with Gasteiger partial charge in [0.1, 0.15) is 0 Å². The zero-order valence-corrected chi connectivity index (χ0v) is 16.8. The first-order chi connectivity index (χ1) is 9.41. The van der Waals surface area contributed by atoms with Gasteiger partial charge in [0, 0.05) is 5.25 Å². The second kappa shape index (κ2) is 14.5. The van der Waals surface area contributed by atoms with Gasteiger partial charge in [0.25, 0.3) is 0 Å². The first-order valence-electron chi connectivity index (χ1n) is 8.04. The number of aliphatic hydroxyl groups excluding tert-OH is 1. The molecule has 0 rings (SSSR count). The van der Waals surface area contributed by atoms with E-state index >= 15 is 0 Å². The summed E-state index contributed by atoms with van der Waals surface area (Å²) in [4.78, 5) is 0. The van der Waals surface area contributed by atoms with Crippen LogP contribution >= 0.6 is 0 Å². The van der Waals surface area contributed by atoms with Crippen LogP contribution in [0.2, 0.25) is 0 Å². The summed E-state index contributed by atoms with van der Waals surface area (Å²) < 4.78 is 33.1. The SMILES string of the molecule is CCCC(O)CCCCCCCC(CCC)S(=O)(=O)[O-].[Na+]. The fourth-order valence-electron chi connectivity index (χ4n) is 2.51. The summed E-state index contributed by atoms with van der Waals surface area (Å²) in [6, 6.07) is 0. The molecular weight excluding hydrogens is 299 g/mol. The molecule has 0 saturated heterocycles. The third kappa shape index (κ3) is 14.2. The van der Waals surface area contributed by atoms with Crippen molar-refractivity contribution in [3.63, 3.8) is 0 Å². The van der Waals surface area contributed by atoms with E-state index in [4.69, 9.17) is 0 Å². The molecule has 0 fully saturated rings. The van der Waals surface area contributed by atoms with Crippen molar-refractivity contribution in [2.24, 2.45) is 0 Å². The monoisotopic (exact) mass is 330 g/mol. The van der Waals surface area contributed by atoms with Crippen LogP contribution in [-0.2, 0) is 10.1 Å². The first kappa shape index (κ1) is 24.1. The molecule has 0 radical (unpaired) electrons. The van der Waals surface area contributed by atoms with Crippen LogP contribution in [0.1, 0.15) is 84.5 Å². The number of unbranched alkanes of at least 4 members (excludes halogenated alkanes) is 4. The Morgan fingerprint density at radius 3 is 1.81 bits per heavy atom. The van der Waals surface area contributed by atoms with E-state index in [0.29, 0.717) is 12.8 Å². The zero-order valence-electron chi connectivity index (χ0n) is 14.0. The van der Waals surface area contributed by atoms with Gasteiger partial charge in [-0.15, -0.1) is 0 Å². The molecule has 2 atom stereocenters. The predicted octanol–water partition coefficient (Wildman–Crippen LogP) is 0.596. The van der Waals surface area contributed by atoms with Crippen molar-refractivity contribution < 1.29 is 47.6 Å². The molecule has 0 saturated carbocycles. The van der Waals surface area contributed by atoms with E-state index < -0.39 is 15.4 Å². The van der Waals surface area contributed by atoms with Crippen molar-refractivity contribution >= 4 is 10.1 Å². The zero-order chi connectivity index (χ0) is 15.4. The summed E-state index contributed by atoms with van der Waals surface area (Å²) in [5, 5.41) is 8.88. The van der Waals surface area contributed by atoms with Crippen molar-refractivity contribution in [2.75, 3.05) is 0 Å². The van der Waals surface area contributed by atoms with Crippen LogP contribution in [0.3, 0.4) is 0 Å². The largest absolute Gasteiger partial charge is 1.00 e. The smallest absolute Gasteiger partial charge is 0.748 e.